The molecular weight excluding hydrogens is 326 g/mol. The number of nitrogens with zero attached hydrogens (tertiary/aromatic N) is 3. The first kappa shape index (κ1) is 15.2. The number of nitro benzene ring substituents is 1. The quantitative estimate of drug-likeness (QED) is 0.667. The molecule has 0 bridgehead atoms. The van der Waals surface area contributed by atoms with Crippen molar-refractivity contribution in [3.05, 3.63) is 32.8 Å². The molecular formula is C13H18BrN3O3. The molecule has 7 heteroatoms. The highest BCUT2D eigenvalue weighted by Gasteiger charge is 2.34. The van der Waals surface area contributed by atoms with Crippen LogP contribution in [0.4, 0.5) is 11.4 Å². The maximum atomic E-state index is 11.2. The third-order valence-corrected chi connectivity index (χ3v) is 3.91. The van der Waals surface area contributed by atoms with Crippen LogP contribution in [-0.2, 0) is 0 Å². The minimum atomic E-state index is -0.441. The summed E-state index contributed by atoms with van der Waals surface area (Å²) < 4.78 is 0.678. The summed E-state index contributed by atoms with van der Waals surface area (Å²) in [4.78, 5) is 14.8. The lowest BCUT2D eigenvalue weighted by Crippen LogP contribution is -2.37. The van der Waals surface area contributed by atoms with E-state index in [4.69, 9.17) is 0 Å². The van der Waals surface area contributed by atoms with Gasteiger partial charge in [-0.1, -0.05) is 15.9 Å². The van der Waals surface area contributed by atoms with Crippen LogP contribution in [0, 0.1) is 10.1 Å². The molecule has 0 radical (unpaired) electrons. The van der Waals surface area contributed by atoms with Crippen LogP contribution in [0.3, 0.4) is 0 Å². The zero-order valence-electron chi connectivity index (χ0n) is 11.5. The lowest BCUT2D eigenvalue weighted by Gasteiger charge is -2.28. The van der Waals surface area contributed by atoms with Crippen LogP contribution in [-0.4, -0.2) is 54.3 Å². The number of benzene rings is 1. The Bertz CT molecular complexity index is 510. The smallest absolute Gasteiger partial charge is 0.293 e. The summed E-state index contributed by atoms with van der Waals surface area (Å²) >= 11 is 3.26. The standard InChI is InChI=1S/C13H18BrN3O3/c1-15(2)7-10-6-11(18)8-16(10)12-4-3-9(14)5-13(12)17(19)20/h3-5,10-11,18H,6-8H2,1-2H3. The van der Waals surface area contributed by atoms with Gasteiger partial charge in [-0.15, -0.1) is 0 Å². The third-order valence-electron chi connectivity index (χ3n) is 3.41. The molecule has 1 aromatic rings. The molecule has 1 N–H and O–H groups in total. The number of hydrogen-bond donors (Lipinski definition) is 1. The van der Waals surface area contributed by atoms with Gasteiger partial charge in [0.25, 0.3) is 5.69 Å². The fraction of sp³-hybridized carbons (Fsp3) is 0.538. The zero-order chi connectivity index (χ0) is 14.9. The Balaban J connectivity index is 2.36. The maximum absolute atomic E-state index is 11.2. The van der Waals surface area contributed by atoms with E-state index in [9.17, 15) is 15.2 Å². The van der Waals surface area contributed by atoms with Crippen molar-refractivity contribution >= 4 is 27.3 Å². The number of anilines is 1. The molecule has 1 aromatic carbocycles. The number of aliphatic hydroxyl groups is 1. The van der Waals surface area contributed by atoms with E-state index < -0.39 is 6.10 Å². The Morgan fingerprint density at radius 2 is 2.25 bits per heavy atom. The van der Waals surface area contributed by atoms with Crippen LogP contribution in [0.5, 0.6) is 0 Å². The zero-order valence-corrected chi connectivity index (χ0v) is 13.1. The van der Waals surface area contributed by atoms with E-state index in [0.29, 0.717) is 23.1 Å². The van der Waals surface area contributed by atoms with Gasteiger partial charge < -0.3 is 14.9 Å². The normalized spacial score (nSPS) is 22.6. The second-order valence-corrected chi connectivity index (χ2v) is 6.26. The molecule has 1 fully saturated rings. The van der Waals surface area contributed by atoms with E-state index in [1.807, 2.05) is 23.9 Å². The molecule has 2 rings (SSSR count). The molecule has 110 valence electrons. The summed E-state index contributed by atoms with van der Waals surface area (Å²) in [5, 5.41) is 21.1. The molecule has 1 aliphatic rings. The van der Waals surface area contributed by atoms with E-state index in [0.717, 1.165) is 6.54 Å². The van der Waals surface area contributed by atoms with Crippen molar-refractivity contribution in [2.75, 3.05) is 32.1 Å². The Hall–Kier alpha value is -1.18. The van der Waals surface area contributed by atoms with Crippen LogP contribution in [0.1, 0.15) is 6.42 Å². The van der Waals surface area contributed by atoms with Crippen molar-refractivity contribution in [1.82, 2.24) is 4.90 Å². The van der Waals surface area contributed by atoms with Gasteiger partial charge in [0, 0.05) is 29.7 Å². The van der Waals surface area contributed by atoms with Gasteiger partial charge in [0.2, 0.25) is 0 Å². The van der Waals surface area contributed by atoms with E-state index in [2.05, 4.69) is 15.9 Å². The number of hydrogen-bond acceptors (Lipinski definition) is 5. The Morgan fingerprint density at radius 3 is 2.85 bits per heavy atom. The fourth-order valence-corrected chi connectivity index (χ4v) is 3.02. The van der Waals surface area contributed by atoms with Crippen molar-refractivity contribution < 1.29 is 10.0 Å². The number of halogens is 1. The SMILES string of the molecule is CN(C)CC1CC(O)CN1c1ccc(Br)cc1[N+](=O)[O-]. The largest absolute Gasteiger partial charge is 0.391 e. The van der Waals surface area contributed by atoms with Gasteiger partial charge in [-0.05, 0) is 32.6 Å². The summed E-state index contributed by atoms with van der Waals surface area (Å²) in [6, 6.07) is 5.12. The van der Waals surface area contributed by atoms with Crippen molar-refractivity contribution in [2.24, 2.45) is 0 Å². The summed E-state index contributed by atoms with van der Waals surface area (Å²) in [7, 11) is 3.91. The van der Waals surface area contributed by atoms with Crippen LogP contribution < -0.4 is 4.90 Å². The van der Waals surface area contributed by atoms with Crippen molar-refractivity contribution in [2.45, 2.75) is 18.6 Å². The molecule has 6 nitrogen and oxygen atoms in total. The third kappa shape index (κ3) is 3.28. The summed E-state index contributed by atoms with van der Waals surface area (Å²) in [6.45, 7) is 1.19. The predicted molar refractivity (Wildman–Crippen MR) is 81.1 cm³/mol. The lowest BCUT2D eigenvalue weighted by atomic mass is 10.1. The Labute approximate surface area is 126 Å². The number of nitro groups is 1. The van der Waals surface area contributed by atoms with Gasteiger partial charge >= 0.3 is 0 Å². The van der Waals surface area contributed by atoms with E-state index in [1.165, 1.54) is 6.07 Å². The number of β-amino-alcohol motifs (C(OH)–C–C–N with tert-alkyl or cyclic N) is 1. The number of aliphatic hydroxyl groups excluding tert-OH is 1. The fourth-order valence-electron chi connectivity index (χ4n) is 2.67. The van der Waals surface area contributed by atoms with E-state index in [1.54, 1.807) is 12.1 Å². The molecule has 20 heavy (non-hydrogen) atoms. The number of likely N-dealkylation sites (N-methyl/N-ethyl adjacent to an activating group) is 1. The van der Waals surface area contributed by atoms with Gasteiger partial charge in [-0.3, -0.25) is 10.1 Å². The van der Waals surface area contributed by atoms with Gasteiger partial charge in [0.15, 0.2) is 0 Å². The summed E-state index contributed by atoms with van der Waals surface area (Å²) in [6.07, 6.45) is 0.189. The minimum absolute atomic E-state index is 0.0669. The van der Waals surface area contributed by atoms with Gasteiger partial charge in [0.1, 0.15) is 5.69 Å². The maximum Gasteiger partial charge on any atom is 0.293 e. The van der Waals surface area contributed by atoms with Crippen molar-refractivity contribution in [3.63, 3.8) is 0 Å². The molecule has 0 spiro atoms. The Kier molecular flexibility index (Phi) is 4.62. The average molecular weight is 344 g/mol. The van der Waals surface area contributed by atoms with E-state index >= 15 is 0 Å². The summed E-state index contributed by atoms with van der Waals surface area (Å²) in [5.74, 6) is 0. The molecule has 0 aromatic heterocycles. The van der Waals surface area contributed by atoms with Gasteiger partial charge in [-0.2, -0.15) is 0 Å². The molecule has 2 unspecified atom stereocenters. The first-order valence-electron chi connectivity index (χ1n) is 6.42. The molecule has 1 saturated heterocycles. The Morgan fingerprint density at radius 1 is 1.55 bits per heavy atom. The van der Waals surface area contributed by atoms with Crippen LogP contribution in [0.15, 0.2) is 22.7 Å². The highest BCUT2D eigenvalue weighted by atomic mass is 79.9. The summed E-state index contributed by atoms with van der Waals surface area (Å²) in [5.41, 5.74) is 0.638. The molecule has 0 aliphatic carbocycles. The average Bonchev–Trinajstić information content (AvgIpc) is 2.69. The second kappa shape index (κ2) is 6.07. The second-order valence-electron chi connectivity index (χ2n) is 5.35. The minimum Gasteiger partial charge on any atom is -0.391 e. The molecule has 1 heterocycles. The first-order valence-corrected chi connectivity index (χ1v) is 7.21. The highest BCUT2D eigenvalue weighted by Crippen LogP contribution is 2.35. The lowest BCUT2D eigenvalue weighted by molar-refractivity contribution is -0.384. The molecule has 0 saturated carbocycles. The van der Waals surface area contributed by atoms with Crippen LogP contribution in [0.2, 0.25) is 0 Å². The molecule has 2 atom stereocenters. The topological polar surface area (TPSA) is 69.8 Å². The highest BCUT2D eigenvalue weighted by molar-refractivity contribution is 9.10. The van der Waals surface area contributed by atoms with E-state index in [-0.39, 0.29) is 16.7 Å². The molecule has 1 aliphatic heterocycles. The van der Waals surface area contributed by atoms with Gasteiger partial charge in [0.05, 0.1) is 11.0 Å². The monoisotopic (exact) mass is 343 g/mol. The molecule has 0 amide bonds. The van der Waals surface area contributed by atoms with Crippen LogP contribution in [0.25, 0.3) is 0 Å². The predicted octanol–water partition coefficient (Wildman–Crippen LogP) is 1.86. The number of rotatable bonds is 4. The van der Waals surface area contributed by atoms with Gasteiger partial charge in [-0.25, -0.2) is 0 Å². The van der Waals surface area contributed by atoms with Crippen molar-refractivity contribution in [3.8, 4) is 0 Å². The van der Waals surface area contributed by atoms with Crippen molar-refractivity contribution in [1.29, 1.82) is 0 Å². The van der Waals surface area contributed by atoms with Crippen LogP contribution >= 0.6 is 15.9 Å². The first-order chi connectivity index (χ1) is 9.38.